The Morgan fingerprint density at radius 3 is 0.802 bits per heavy atom. The molecule has 1 N–H and O–H groups in total. The minimum atomic E-state index is -4.40. The molecule has 0 aromatic rings. The summed E-state index contributed by atoms with van der Waals surface area (Å²) in [7, 11) is 1.50. The van der Waals surface area contributed by atoms with E-state index in [1.54, 1.807) is 0 Å². The van der Waals surface area contributed by atoms with Gasteiger partial charge in [-0.25, -0.2) is 4.57 Å². The normalized spacial score (nSPS) is 13.4. The minimum absolute atomic E-state index is 0.0332. The highest BCUT2D eigenvalue weighted by atomic mass is 31.2. The molecule has 2 atom stereocenters. The molecule has 9 nitrogen and oxygen atoms in total. The SMILES string of the molecule is CC/C=C\C/C=C\C/C=C\C/C=C\C/C=C\C/C=C\CCCCCCCCCCCCCCCCCCCCCCCCC(=O)OC(COC(=O)CCCCCCCCCCCCCCCCCCCCCCCCCCCCCCC/C=C\C/C=C\CCCCCCC)COP(=O)(O)OCC[N+](C)(C)C. The lowest BCUT2D eigenvalue weighted by Crippen LogP contribution is -2.37. The molecule has 0 aromatic heterocycles. The first-order chi connectivity index (χ1) is 52.0. The number of unbranched alkanes of at least 4 members (excludes halogenated alkanes) is 56. The van der Waals surface area contributed by atoms with Gasteiger partial charge in [0.2, 0.25) is 0 Å². The van der Waals surface area contributed by atoms with Gasteiger partial charge in [0.05, 0.1) is 27.7 Å². The fraction of sp³-hybridized carbons (Fsp3) is 0.812. The monoisotopic (exact) mass is 1500 g/mol. The Balaban J connectivity index is 3.85. The standard InChI is InChI=1S/C96H176NO8P/c1-6-8-10-12-14-16-18-20-22-24-26-28-30-32-34-36-38-40-42-44-46-48-50-52-54-56-58-60-62-64-66-68-70-72-74-76-78-80-82-84-86-88-95(98)102-92-94(93-104-106(100,101)103-91-90-97(3,4)5)105-96(99)89-87-85-83-81-79-77-75-73-71-69-67-65-63-61-59-57-55-53-51-49-47-45-43-41-39-37-35-33-31-29-27-25-23-21-19-17-15-13-11-9-7-2/h9,11,15,17-18,20-21,23-24,26-27,29,33,35,39,41,94H,6-8,10,12-14,16,19,22,25,28,30-32,34,36-38,40,42-93H2,1-5H3/p+1/b11-9-,17-15-,20-18-,23-21-,26-24-,29-27-,35-33-,41-39-. The summed E-state index contributed by atoms with van der Waals surface area (Å²) >= 11 is 0. The molecule has 0 heterocycles. The molecule has 0 saturated carbocycles. The molecule has 0 aliphatic rings. The molecule has 0 aromatic carbocycles. The number of nitrogens with zero attached hydrogens (tertiary/aromatic N) is 1. The highest BCUT2D eigenvalue weighted by Gasteiger charge is 2.27. The zero-order valence-electron chi connectivity index (χ0n) is 70.9. The van der Waals surface area contributed by atoms with Crippen LogP contribution in [0.1, 0.15) is 450 Å². The van der Waals surface area contributed by atoms with Crippen LogP contribution in [0.3, 0.4) is 0 Å². The van der Waals surface area contributed by atoms with Crippen LogP contribution in [-0.2, 0) is 32.7 Å². The number of carbonyl (C=O) groups is 2. The third-order valence-corrected chi connectivity index (χ3v) is 21.6. The van der Waals surface area contributed by atoms with Gasteiger partial charge >= 0.3 is 19.8 Å². The summed E-state index contributed by atoms with van der Waals surface area (Å²) in [6.45, 7) is 4.38. The number of rotatable bonds is 86. The van der Waals surface area contributed by atoms with Gasteiger partial charge in [-0.1, -0.05) is 439 Å². The van der Waals surface area contributed by atoms with Crippen LogP contribution in [0.2, 0.25) is 0 Å². The molecule has 2 unspecified atom stereocenters. The molecule has 0 amide bonds. The first-order valence-electron chi connectivity index (χ1n) is 46.0. The molecular weight excluding hydrogens is 1330 g/mol. The summed E-state index contributed by atoms with van der Waals surface area (Å²) in [6, 6.07) is 0. The van der Waals surface area contributed by atoms with Crippen molar-refractivity contribution < 1.29 is 42.1 Å². The second kappa shape index (κ2) is 85.9. The quantitative estimate of drug-likeness (QED) is 0.0211. The van der Waals surface area contributed by atoms with Crippen molar-refractivity contribution in [2.75, 3.05) is 47.5 Å². The second-order valence-electron chi connectivity index (χ2n) is 32.3. The number of carbonyl (C=O) groups excluding carboxylic acids is 2. The van der Waals surface area contributed by atoms with Crippen molar-refractivity contribution in [2.24, 2.45) is 0 Å². The van der Waals surface area contributed by atoms with Gasteiger partial charge in [-0.2, -0.15) is 0 Å². The summed E-state index contributed by atoms with van der Waals surface area (Å²) < 4.78 is 34.9. The van der Waals surface area contributed by atoms with Gasteiger partial charge in [-0.3, -0.25) is 18.6 Å². The van der Waals surface area contributed by atoms with E-state index >= 15 is 0 Å². The van der Waals surface area contributed by atoms with Crippen molar-refractivity contribution in [3.8, 4) is 0 Å². The van der Waals surface area contributed by atoms with Gasteiger partial charge in [0, 0.05) is 12.8 Å². The Hall–Kier alpha value is -3.07. The molecular formula is C96H177NO8P+. The van der Waals surface area contributed by atoms with E-state index in [1.165, 1.54) is 340 Å². The van der Waals surface area contributed by atoms with Crippen molar-refractivity contribution in [3.05, 3.63) is 97.2 Å². The molecule has 0 radical (unpaired) electrons. The average molecular weight is 1500 g/mol. The van der Waals surface area contributed by atoms with Crippen molar-refractivity contribution in [1.82, 2.24) is 0 Å². The highest BCUT2D eigenvalue weighted by Crippen LogP contribution is 2.43. The van der Waals surface area contributed by atoms with E-state index in [2.05, 4.69) is 111 Å². The summed E-state index contributed by atoms with van der Waals surface area (Å²) in [6.07, 6.45) is 122. The number of hydrogen-bond donors (Lipinski definition) is 1. The minimum Gasteiger partial charge on any atom is -0.462 e. The molecule has 0 spiro atoms. The van der Waals surface area contributed by atoms with E-state index in [4.69, 9.17) is 18.5 Å². The smallest absolute Gasteiger partial charge is 0.462 e. The van der Waals surface area contributed by atoms with Gasteiger partial charge in [-0.05, 0) is 96.3 Å². The molecule has 618 valence electrons. The Morgan fingerprint density at radius 1 is 0.302 bits per heavy atom. The number of quaternary nitrogens is 1. The average Bonchev–Trinajstić information content (AvgIpc) is 0.908. The number of esters is 2. The topological polar surface area (TPSA) is 108 Å². The Bertz CT molecular complexity index is 2120. The predicted octanol–water partition coefficient (Wildman–Crippen LogP) is 31.3. The van der Waals surface area contributed by atoms with Gasteiger partial charge in [0.15, 0.2) is 6.10 Å². The van der Waals surface area contributed by atoms with E-state index < -0.39 is 26.5 Å². The van der Waals surface area contributed by atoms with Crippen LogP contribution in [0, 0.1) is 0 Å². The fourth-order valence-corrected chi connectivity index (χ4v) is 14.4. The highest BCUT2D eigenvalue weighted by molar-refractivity contribution is 7.47. The molecule has 0 fully saturated rings. The summed E-state index contributed by atoms with van der Waals surface area (Å²) in [5.74, 6) is -0.773. The lowest BCUT2D eigenvalue weighted by atomic mass is 10.0. The number of ether oxygens (including phenoxy) is 2. The van der Waals surface area contributed by atoms with E-state index in [1.807, 2.05) is 21.1 Å². The number of likely N-dealkylation sites (N-methyl/N-ethyl adjacent to an activating group) is 1. The molecule has 0 saturated heterocycles. The van der Waals surface area contributed by atoms with Gasteiger partial charge < -0.3 is 18.9 Å². The van der Waals surface area contributed by atoms with Crippen molar-refractivity contribution in [3.63, 3.8) is 0 Å². The molecule has 0 aliphatic carbocycles. The second-order valence-corrected chi connectivity index (χ2v) is 33.8. The Kier molecular flexibility index (Phi) is 83.4. The number of hydrogen-bond acceptors (Lipinski definition) is 7. The zero-order valence-corrected chi connectivity index (χ0v) is 71.8. The number of allylic oxidation sites excluding steroid dienone is 16. The van der Waals surface area contributed by atoms with Crippen LogP contribution >= 0.6 is 7.82 Å². The van der Waals surface area contributed by atoms with E-state index in [0.29, 0.717) is 23.9 Å². The molecule has 10 heteroatoms. The first-order valence-corrected chi connectivity index (χ1v) is 47.5. The third-order valence-electron chi connectivity index (χ3n) is 20.6. The Morgan fingerprint density at radius 2 is 0.538 bits per heavy atom. The Labute approximate surface area is 659 Å². The number of phosphoric acid groups is 1. The maximum atomic E-state index is 13.0. The maximum Gasteiger partial charge on any atom is 0.472 e. The van der Waals surface area contributed by atoms with Crippen LogP contribution in [0.5, 0.6) is 0 Å². The summed E-state index contributed by atoms with van der Waals surface area (Å²) in [4.78, 5) is 36.1. The van der Waals surface area contributed by atoms with E-state index in [9.17, 15) is 19.0 Å². The molecule has 0 bridgehead atoms. The lowest BCUT2D eigenvalue weighted by molar-refractivity contribution is -0.870. The number of phosphoric ester groups is 1. The van der Waals surface area contributed by atoms with Crippen LogP contribution in [-0.4, -0.2) is 74.9 Å². The van der Waals surface area contributed by atoms with E-state index in [-0.39, 0.29) is 25.6 Å². The van der Waals surface area contributed by atoms with Crippen molar-refractivity contribution in [2.45, 2.75) is 457 Å². The molecule has 106 heavy (non-hydrogen) atoms. The first kappa shape index (κ1) is 103. The van der Waals surface area contributed by atoms with Crippen LogP contribution < -0.4 is 0 Å². The van der Waals surface area contributed by atoms with Crippen LogP contribution in [0.15, 0.2) is 97.2 Å². The van der Waals surface area contributed by atoms with E-state index in [0.717, 1.165) is 77.0 Å². The molecule has 0 rings (SSSR count). The lowest BCUT2D eigenvalue weighted by Gasteiger charge is -2.24. The van der Waals surface area contributed by atoms with Gasteiger partial charge in [-0.15, -0.1) is 0 Å². The molecule has 0 aliphatic heterocycles. The summed E-state index contributed by atoms with van der Waals surface area (Å²) in [5.41, 5.74) is 0. The van der Waals surface area contributed by atoms with Crippen molar-refractivity contribution >= 4 is 19.8 Å². The van der Waals surface area contributed by atoms with Gasteiger partial charge in [0.1, 0.15) is 19.8 Å². The largest absolute Gasteiger partial charge is 0.472 e. The third kappa shape index (κ3) is 89.8. The maximum absolute atomic E-state index is 13.0. The summed E-state index contributed by atoms with van der Waals surface area (Å²) in [5, 5.41) is 0. The van der Waals surface area contributed by atoms with Crippen molar-refractivity contribution in [1.29, 1.82) is 0 Å². The predicted molar refractivity (Wildman–Crippen MR) is 464 cm³/mol. The van der Waals surface area contributed by atoms with Crippen LogP contribution in [0.4, 0.5) is 0 Å². The van der Waals surface area contributed by atoms with Crippen LogP contribution in [0.25, 0.3) is 0 Å². The zero-order chi connectivity index (χ0) is 76.8. The van der Waals surface area contributed by atoms with Gasteiger partial charge in [0.25, 0.3) is 0 Å². The fourth-order valence-electron chi connectivity index (χ4n) is 13.6.